The van der Waals surface area contributed by atoms with Crippen LogP contribution >= 0.6 is 11.6 Å². The van der Waals surface area contributed by atoms with E-state index < -0.39 is 0 Å². The van der Waals surface area contributed by atoms with Crippen molar-refractivity contribution in [3.05, 3.63) is 52.8 Å². The molecular weight excluding hydrogens is 241 g/mol. The van der Waals surface area contributed by atoms with Gasteiger partial charge in [-0.1, -0.05) is 17.7 Å². The predicted octanol–water partition coefficient (Wildman–Crippen LogP) is 2.50. The molecule has 0 saturated carbocycles. The molecule has 1 N–H and O–H groups in total. The lowest BCUT2D eigenvalue weighted by Gasteiger charge is -2.06. The summed E-state index contributed by atoms with van der Waals surface area (Å²) in [7, 11) is 1.92. The van der Waals surface area contributed by atoms with Crippen LogP contribution in [0, 0.1) is 5.82 Å². The molecule has 0 amide bonds. The number of hydrogen-bond acceptors (Lipinski definition) is 2. The molecule has 0 fully saturated rings. The zero-order chi connectivity index (χ0) is 12.3. The lowest BCUT2D eigenvalue weighted by Crippen LogP contribution is -2.16. The van der Waals surface area contributed by atoms with Gasteiger partial charge in [-0.15, -0.1) is 0 Å². The molecule has 0 aliphatic carbocycles. The van der Waals surface area contributed by atoms with Gasteiger partial charge >= 0.3 is 0 Å². The first-order chi connectivity index (χ1) is 8.16. The number of halogens is 2. The maximum atomic E-state index is 13.5. The molecule has 17 heavy (non-hydrogen) atoms. The molecule has 0 spiro atoms. The van der Waals surface area contributed by atoms with Crippen LogP contribution in [0.4, 0.5) is 4.39 Å². The van der Waals surface area contributed by atoms with Crippen LogP contribution in [0.5, 0.6) is 0 Å². The van der Waals surface area contributed by atoms with Crippen molar-refractivity contribution in [3.8, 4) is 0 Å². The molecule has 3 nitrogen and oxygen atoms in total. The van der Waals surface area contributed by atoms with Crippen LogP contribution in [0.25, 0.3) is 0 Å². The number of nitrogens with zero attached hydrogens (tertiary/aromatic N) is 2. The quantitative estimate of drug-likeness (QED) is 0.907. The summed E-state index contributed by atoms with van der Waals surface area (Å²) in [5, 5.41) is 3.55. The fourth-order valence-corrected chi connectivity index (χ4v) is 1.70. The van der Waals surface area contributed by atoms with E-state index in [1.54, 1.807) is 18.3 Å². The van der Waals surface area contributed by atoms with Gasteiger partial charge in [0.25, 0.3) is 0 Å². The highest BCUT2D eigenvalue weighted by Crippen LogP contribution is 2.14. The monoisotopic (exact) mass is 253 g/mol. The van der Waals surface area contributed by atoms with Crippen molar-refractivity contribution in [2.45, 2.75) is 13.1 Å². The first-order valence-corrected chi connectivity index (χ1v) is 5.65. The molecule has 0 aliphatic rings. The summed E-state index contributed by atoms with van der Waals surface area (Å²) in [6.45, 7) is 1.06. The van der Waals surface area contributed by atoms with Crippen molar-refractivity contribution in [2.24, 2.45) is 7.05 Å². The molecule has 2 aromatic rings. The minimum absolute atomic E-state index is 0.287. The second-order valence-corrected chi connectivity index (χ2v) is 4.23. The third kappa shape index (κ3) is 3.05. The van der Waals surface area contributed by atoms with Crippen molar-refractivity contribution in [1.82, 2.24) is 14.9 Å². The highest BCUT2D eigenvalue weighted by molar-refractivity contribution is 6.30. The smallest absolute Gasteiger partial charge is 0.129 e. The Hall–Kier alpha value is -1.39. The molecule has 0 unspecified atom stereocenters. The molecule has 5 heteroatoms. The predicted molar refractivity (Wildman–Crippen MR) is 65.2 cm³/mol. The zero-order valence-electron chi connectivity index (χ0n) is 9.45. The Balaban J connectivity index is 1.92. The summed E-state index contributed by atoms with van der Waals surface area (Å²) in [5.41, 5.74) is 0.601. The van der Waals surface area contributed by atoms with Crippen LogP contribution in [0.3, 0.4) is 0 Å². The molecule has 90 valence electrons. The van der Waals surface area contributed by atoms with Crippen LogP contribution in [0.1, 0.15) is 11.4 Å². The maximum absolute atomic E-state index is 13.5. The van der Waals surface area contributed by atoms with E-state index in [2.05, 4.69) is 10.3 Å². The number of benzene rings is 1. The summed E-state index contributed by atoms with van der Waals surface area (Å²) in [6.07, 6.45) is 3.61. The van der Waals surface area contributed by atoms with E-state index >= 15 is 0 Å². The molecule has 0 bridgehead atoms. The number of aryl methyl sites for hydroxylation is 1. The van der Waals surface area contributed by atoms with Gasteiger partial charge in [0.05, 0.1) is 6.54 Å². The van der Waals surface area contributed by atoms with Crippen molar-refractivity contribution in [2.75, 3.05) is 0 Å². The maximum Gasteiger partial charge on any atom is 0.129 e. The summed E-state index contributed by atoms with van der Waals surface area (Å²) in [6, 6.07) is 4.69. The van der Waals surface area contributed by atoms with Gasteiger partial charge in [-0.3, -0.25) is 0 Å². The van der Waals surface area contributed by atoms with Gasteiger partial charge < -0.3 is 9.88 Å². The van der Waals surface area contributed by atoms with Gasteiger partial charge in [0, 0.05) is 36.6 Å². The SMILES string of the molecule is Cn1ccnc1CNCc1ccc(Cl)cc1F. The van der Waals surface area contributed by atoms with Gasteiger partial charge in [0.1, 0.15) is 11.6 Å². The Morgan fingerprint density at radius 3 is 2.88 bits per heavy atom. The zero-order valence-corrected chi connectivity index (χ0v) is 10.2. The summed E-state index contributed by atoms with van der Waals surface area (Å²) >= 11 is 5.68. The standard InChI is InChI=1S/C12H13ClFN3/c1-17-5-4-16-12(17)8-15-7-9-2-3-10(13)6-11(9)14/h2-6,15H,7-8H2,1H3. The fourth-order valence-electron chi connectivity index (χ4n) is 1.54. The first kappa shape index (κ1) is 12.1. The second-order valence-electron chi connectivity index (χ2n) is 3.79. The Morgan fingerprint density at radius 2 is 2.24 bits per heavy atom. The molecule has 2 rings (SSSR count). The Bertz CT molecular complexity index is 510. The van der Waals surface area contributed by atoms with E-state index in [1.807, 2.05) is 17.8 Å². The highest BCUT2D eigenvalue weighted by atomic mass is 35.5. The molecule has 1 aromatic carbocycles. The van der Waals surface area contributed by atoms with Crippen LogP contribution in [-0.2, 0) is 20.1 Å². The Kier molecular flexibility index (Phi) is 3.76. The lowest BCUT2D eigenvalue weighted by atomic mass is 10.2. The van der Waals surface area contributed by atoms with Crippen LogP contribution in [0.2, 0.25) is 5.02 Å². The molecular formula is C12H13ClFN3. The third-order valence-electron chi connectivity index (χ3n) is 2.53. The minimum Gasteiger partial charge on any atom is -0.337 e. The lowest BCUT2D eigenvalue weighted by molar-refractivity contribution is 0.578. The number of rotatable bonds is 4. The van der Waals surface area contributed by atoms with E-state index in [-0.39, 0.29) is 5.82 Å². The molecule has 0 radical (unpaired) electrons. The number of hydrogen-bond donors (Lipinski definition) is 1. The van der Waals surface area contributed by atoms with Gasteiger partial charge in [-0.05, 0) is 12.1 Å². The van der Waals surface area contributed by atoms with Gasteiger partial charge in [0.15, 0.2) is 0 Å². The van der Waals surface area contributed by atoms with Crippen LogP contribution < -0.4 is 5.32 Å². The summed E-state index contributed by atoms with van der Waals surface area (Å²) in [5.74, 6) is 0.629. The van der Waals surface area contributed by atoms with Gasteiger partial charge in [0.2, 0.25) is 0 Å². The summed E-state index contributed by atoms with van der Waals surface area (Å²) < 4.78 is 15.4. The summed E-state index contributed by atoms with van der Waals surface area (Å²) in [4.78, 5) is 4.17. The van der Waals surface area contributed by atoms with Crippen molar-refractivity contribution in [1.29, 1.82) is 0 Å². The second kappa shape index (κ2) is 5.29. The van der Waals surface area contributed by atoms with E-state index in [0.717, 1.165) is 5.82 Å². The minimum atomic E-state index is -0.287. The average Bonchev–Trinajstić information content (AvgIpc) is 2.68. The van der Waals surface area contributed by atoms with Gasteiger partial charge in [-0.2, -0.15) is 0 Å². The average molecular weight is 254 g/mol. The number of nitrogens with one attached hydrogen (secondary N) is 1. The van der Waals surface area contributed by atoms with E-state index in [0.29, 0.717) is 23.7 Å². The molecule has 0 atom stereocenters. The number of imidazole rings is 1. The third-order valence-corrected chi connectivity index (χ3v) is 2.77. The topological polar surface area (TPSA) is 29.9 Å². The normalized spacial score (nSPS) is 10.8. The fraction of sp³-hybridized carbons (Fsp3) is 0.250. The van der Waals surface area contributed by atoms with Gasteiger partial charge in [-0.25, -0.2) is 9.37 Å². The van der Waals surface area contributed by atoms with E-state index in [9.17, 15) is 4.39 Å². The number of aromatic nitrogens is 2. The Labute approximate surface area is 104 Å². The van der Waals surface area contributed by atoms with Crippen LogP contribution in [-0.4, -0.2) is 9.55 Å². The molecule has 1 aromatic heterocycles. The van der Waals surface area contributed by atoms with Crippen molar-refractivity contribution < 1.29 is 4.39 Å². The van der Waals surface area contributed by atoms with E-state index in [4.69, 9.17) is 11.6 Å². The largest absolute Gasteiger partial charge is 0.337 e. The molecule has 0 aliphatic heterocycles. The molecule has 1 heterocycles. The molecule has 0 saturated heterocycles. The van der Waals surface area contributed by atoms with Crippen molar-refractivity contribution >= 4 is 11.6 Å². The van der Waals surface area contributed by atoms with Crippen molar-refractivity contribution in [3.63, 3.8) is 0 Å². The van der Waals surface area contributed by atoms with Crippen LogP contribution in [0.15, 0.2) is 30.6 Å². The highest BCUT2D eigenvalue weighted by Gasteiger charge is 2.03. The first-order valence-electron chi connectivity index (χ1n) is 5.27. The Morgan fingerprint density at radius 1 is 1.41 bits per heavy atom. The van der Waals surface area contributed by atoms with E-state index in [1.165, 1.54) is 6.07 Å².